The lowest BCUT2D eigenvalue weighted by molar-refractivity contribution is -0.126. The molecule has 0 aliphatic carbocycles. The van der Waals surface area contributed by atoms with Crippen molar-refractivity contribution in [2.24, 2.45) is 0 Å². The molecule has 0 unspecified atom stereocenters. The maximum Gasteiger partial charge on any atom is 0.408 e. The van der Waals surface area contributed by atoms with Crippen molar-refractivity contribution in [3.63, 3.8) is 0 Å². The van der Waals surface area contributed by atoms with Crippen molar-refractivity contribution in [2.75, 3.05) is 6.54 Å². The molecule has 0 aromatic carbocycles. The molecule has 6 heteroatoms. The van der Waals surface area contributed by atoms with Gasteiger partial charge in [0, 0.05) is 12.0 Å². The molecular weight excluding hydrogens is 260 g/mol. The predicted molar refractivity (Wildman–Crippen MR) is 75.7 cm³/mol. The molecule has 0 bridgehead atoms. The molecule has 2 N–H and O–H groups in total. The number of hydrogen-bond donors (Lipinski definition) is 2. The highest BCUT2D eigenvalue weighted by Gasteiger charge is 2.42. The van der Waals surface area contributed by atoms with E-state index >= 15 is 0 Å². The van der Waals surface area contributed by atoms with Crippen LogP contribution in [0.15, 0.2) is 0 Å². The minimum atomic E-state index is -1.08. The summed E-state index contributed by atoms with van der Waals surface area (Å²) in [6.07, 6.45) is -0.938. The number of amides is 2. The maximum absolute atomic E-state index is 12.2. The summed E-state index contributed by atoms with van der Waals surface area (Å²) in [4.78, 5) is 24.7. The zero-order valence-electron chi connectivity index (χ0n) is 13.2. The molecule has 1 fully saturated rings. The fraction of sp³-hybridized carbons (Fsp3) is 0.857. The highest BCUT2D eigenvalue weighted by Crippen LogP contribution is 2.25. The van der Waals surface area contributed by atoms with Crippen molar-refractivity contribution in [1.82, 2.24) is 10.2 Å². The minimum absolute atomic E-state index is 0.231. The number of nitrogens with one attached hydrogen (secondary N) is 1. The van der Waals surface area contributed by atoms with Gasteiger partial charge in [-0.2, -0.15) is 0 Å². The molecule has 2 atom stereocenters. The number of carbonyl (C=O) groups is 2. The molecule has 20 heavy (non-hydrogen) atoms. The zero-order chi connectivity index (χ0) is 15.7. The minimum Gasteiger partial charge on any atom is -0.465 e. The van der Waals surface area contributed by atoms with Gasteiger partial charge in [-0.1, -0.05) is 0 Å². The molecule has 0 saturated carbocycles. The van der Waals surface area contributed by atoms with E-state index in [1.54, 1.807) is 0 Å². The van der Waals surface area contributed by atoms with E-state index in [4.69, 9.17) is 4.74 Å². The van der Waals surface area contributed by atoms with Gasteiger partial charge in [-0.15, -0.1) is 0 Å². The summed E-state index contributed by atoms with van der Waals surface area (Å²) in [5.41, 5.74) is -0.742. The molecule has 116 valence electrons. The van der Waals surface area contributed by atoms with Crippen LogP contribution in [0, 0.1) is 0 Å². The van der Waals surface area contributed by atoms with Crippen LogP contribution in [0.4, 0.5) is 4.79 Å². The van der Waals surface area contributed by atoms with Crippen LogP contribution in [-0.2, 0) is 9.53 Å². The number of hydrogen-bond acceptors (Lipinski definition) is 3. The molecule has 0 aromatic rings. The maximum atomic E-state index is 12.2. The van der Waals surface area contributed by atoms with Gasteiger partial charge in [0.25, 0.3) is 0 Å². The summed E-state index contributed by atoms with van der Waals surface area (Å²) in [6, 6.07) is -0.681. The van der Waals surface area contributed by atoms with Crippen LogP contribution in [0.2, 0.25) is 0 Å². The second-order valence-electron chi connectivity index (χ2n) is 7.28. The van der Waals surface area contributed by atoms with Gasteiger partial charge < -0.3 is 15.2 Å². The molecule has 1 heterocycles. The Balaban J connectivity index is 2.78. The Morgan fingerprint density at radius 2 is 1.75 bits per heavy atom. The largest absolute Gasteiger partial charge is 0.465 e. The molecule has 0 spiro atoms. The summed E-state index contributed by atoms with van der Waals surface area (Å²) in [6.45, 7) is 11.6. The van der Waals surface area contributed by atoms with E-state index in [1.165, 1.54) is 0 Å². The number of carboxylic acid groups (broad SMARTS) is 1. The van der Waals surface area contributed by atoms with Crippen LogP contribution in [0.1, 0.15) is 48.0 Å². The second kappa shape index (κ2) is 5.60. The van der Waals surface area contributed by atoms with Gasteiger partial charge in [0.1, 0.15) is 6.04 Å². The Hall–Kier alpha value is -1.30. The third kappa shape index (κ3) is 5.00. The lowest BCUT2D eigenvalue weighted by atomic mass is 10.1. The number of likely N-dealkylation sites (tertiary alicyclic amines) is 1. The first-order chi connectivity index (χ1) is 8.89. The quantitative estimate of drug-likeness (QED) is 0.812. The first-order valence-corrected chi connectivity index (χ1v) is 6.88. The molecule has 0 aromatic heterocycles. The average molecular weight is 286 g/mol. The predicted octanol–water partition coefficient (Wildman–Crippen LogP) is 1.84. The average Bonchev–Trinajstić information content (AvgIpc) is 2.56. The molecule has 1 aliphatic heterocycles. The summed E-state index contributed by atoms with van der Waals surface area (Å²) in [7, 11) is 0. The van der Waals surface area contributed by atoms with Gasteiger partial charge in [0.05, 0.1) is 18.2 Å². The topological polar surface area (TPSA) is 78.9 Å². The Labute approximate surface area is 120 Å². The third-order valence-corrected chi connectivity index (χ3v) is 2.83. The smallest absolute Gasteiger partial charge is 0.408 e. The highest BCUT2D eigenvalue weighted by molar-refractivity contribution is 5.86. The van der Waals surface area contributed by atoms with Crippen molar-refractivity contribution in [2.45, 2.75) is 71.2 Å². The molecule has 2 amide bonds. The normalized spacial score (nSPS) is 23.8. The van der Waals surface area contributed by atoms with Crippen LogP contribution in [-0.4, -0.2) is 51.8 Å². The van der Waals surface area contributed by atoms with E-state index in [1.807, 2.05) is 41.5 Å². The van der Waals surface area contributed by atoms with E-state index in [0.717, 1.165) is 4.90 Å². The van der Waals surface area contributed by atoms with Gasteiger partial charge in [-0.25, -0.2) is 4.79 Å². The first kappa shape index (κ1) is 16.8. The fourth-order valence-electron chi connectivity index (χ4n) is 2.30. The SMILES string of the molecule is CC(C)(C)NC(=O)[C@@H]1C[C@@H](OC(C)(C)C)CN1C(=O)O. The van der Waals surface area contributed by atoms with Gasteiger partial charge >= 0.3 is 6.09 Å². The number of rotatable bonds is 2. The highest BCUT2D eigenvalue weighted by atomic mass is 16.5. The van der Waals surface area contributed by atoms with E-state index < -0.39 is 12.1 Å². The molecule has 1 aliphatic rings. The van der Waals surface area contributed by atoms with E-state index in [2.05, 4.69) is 5.32 Å². The molecular formula is C14H26N2O4. The van der Waals surface area contributed by atoms with Crippen molar-refractivity contribution in [3.8, 4) is 0 Å². The Bertz CT molecular complexity index is 382. The van der Waals surface area contributed by atoms with Gasteiger partial charge in [-0.05, 0) is 41.5 Å². The van der Waals surface area contributed by atoms with Crippen molar-refractivity contribution in [1.29, 1.82) is 0 Å². The number of ether oxygens (including phenoxy) is 1. The Morgan fingerprint density at radius 3 is 2.15 bits per heavy atom. The number of carbonyl (C=O) groups excluding carboxylic acids is 1. The summed E-state index contributed by atoms with van der Waals surface area (Å²) < 4.78 is 5.80. The lowest BCUT2D eigenvalue weighted by Crippen LogP contribution is -2.51. The van der Waals surface area contributed by atoms with Crippen molar-refractivity contribution < 1.29 is 19.4 Å². The van der Waals surface area contributed by atoms with Crippen molar-refractivity contribution in [3.05, 3.63) is 0 Å². The van der Waals surface area contributed by atoms with Crippen LogP contribution in [0.5, 0.6) is 0 Å². The summed E-state index contributed by atoms with van der Waals surface area (Å²) in [5, 5.41) is 12.1. The van der Waals surface area contributed by atoms with Gasteiger partial charge in [-0.3, -0.25) is 9.69 Å². The van der Waals surface area contributed by atoms with Gasteiger partial charge in [0.2, 0.25) is 5.91 Å². The Kier molecular flexibility index (Phi) is 4.69. The molecule has 6 nitrogen and oxygen atoms in total. The van der Waals surface area contributed by atoms with E-state index in [0.29, 0.717) is 6.42 Å². The van der Waals surface area contributed by atoms with Crippen LogP contribution >= 0.6 is 0 Å². The zero-order valence-corrected chi connectivity index (χ0v) is 13.2. The summed E-state index contributed by atoms with van der Waals surface area (Å²) in [5.74, 6) is -0.264. The molecule has 1 rings (SSSR count). The van der Waals surface area contributed by atoms with Gasteiger partial charge in [0.15, 0.2) is 0 Å². The van der Waals surface area contributed by atoms with E-state index in [9.17, 15) is 14.7 Å². The van der Waals surface area contributed by atoms with Crippen molar-refractivity contribution >= 4 is 12.0 Å². The van der Waals surface area contributed by atoms with Crippen LogP contribution in [0.3, 0.4) is 0 Å². The fourth-order valence-corrected chi connectivity index (χ4v) is 2.30. The molecule has 0 radical (unpaired) electrons. The molecule has 1 saturated heterocycles. The van der Waals surface area contributed by atoms with Crippen LogP contribution < -0.4 is 5.32 Å². The second-order valence-corrected chi connectivity index (χ2v) is 7.28. The monoisotopic (exact) mass is 286 g/mol. The first-order valence-electron chi connectivity index (χ1n) is 6.88. The Morgan fingerprint density at radius 1 is 1.20 bits per heavy atom. The van der Waals surface area contributed by atoms with E-state index in [-0.39, 0.29) is 29.7 Å². The van der Waals surface area contributed by atoms with Crippen LogP contribution in [0.25, 0.3) is 0 Å². The summed E-state index contributed by atoms with van der Waals surface area (Å²) >= 11 is 0. The number of nitrogens with zero attached hydrogens (tertiary/aromatic N) is 1. The third-order valence-electron chi connectivity index (χ3n) is 2.83. The standard InChI is InChI=1S/C14H26N2O4/c1-13(2,3)15-11(17)10-7-9(20-14(4,5)6)8-16(10)12(18)19/h9-10H,7-8H2,1-6H3,(H,15,17)(H,18,19)/t9-,10+/m1/s1. The lowest BCUT2D eigenvalue weighted by Gasteiger charge is -2.26.